The number of likely N-dealkylation sites (tertiary alicyclic amines) is 1. The topological polar surface area (TPSA) is 76.9 Å². The number of nitrogens with one attached hydrogen (secondary N) is 1. The maximum atomic E-state index is 11.3. The minimum absolute atomic E-state index is 0.104. The first-order valence-electron chi connectivity index (χ1n) is 10.0. The van der Waals surface area contributed by atoms with Gasteiger partial charge in [-0.15, -0.1) is 0 Å². The second-order valence-electron chi connectivity index (χ2n) is 7.48. The van der Waals surface area contributed by atoms with Crippen LogP contribution in [0.5, 0.6) is 5.75 Å². The lowest BCUT2D eigenvalue weighted by Gasteiger charge is -2.41. The van der Waals surface area contributed by atoms with E-state index < -0.39 is 0 Å². The summed E-state index contributed by atoms with van der Waals surface area (Å²) in [5.74, 6) is 0.631. The molecular formula is C20H31N3O4. The molecule has 1 saturated carbocycles. The molecule has 2 fully saturated rings. The molecule has 1 saturated heterocycles. The third kappa shape index (κ3) is 5.11. The quantitative estimate of drug-likeness (QED) is 0.575. The van der Waals surface area contributed by atoms with Gasteiger partial charge in [0.25, 0.3) is 5.69 Å². The minimum Gasteiger partial charge on any atom is -0.497 e. The van der Waals surface area contributed by atoms with Crippen LogP contribution >= 0.6 is 0 Å². The zero-order chi connectivity index (χ0) is 19.2. The maximum absolute atomic E-state index is 11.3. The fraction of sp³-hybridized carbons (Fsp3) is 0.700. The van der Waals surface area contributed by atoms with Crippen molar-refractivity contribution in [1.29, 1.82) is 0 Å². The van der Waals surface area contributed by atoms with Crippen LogP contribution in [0.25, 0.3) is 0 Å². The molecule has 0 aromatic heterocycles. The first kappa shape index (κ1) is 19.9. The third-order valence-corrected chi connectivity index (χ3v) is 5.85. The highest BCUT2D eigenvalue weighted by molar-refractivity contribution is 5.64. The summed E-state index contributed by atoms with van der Waals surface area (Å²) in [6.45, 7) is 4.96. The molecule has 3 rings (SSSR count). The van der Waals surface area contributed by atoms with Crippen molar-refractivity contribution in [2.45, 2.75) is 63.6 Å². The monoisotopic (exact) mass is 377 g/mol. The lowest BCUT2D eigenvalue weighted by molar-refractivity contribution is -0.384. The van der Waals surface area contributed by atoms with Crippen LogP contribution in [-0.2, 0) is 4.74 Å². The van der Waals surface area contributed by atoms with E-state index >= 15 is 0 Å². The number of hydrogen-bond donors (Lipinski definition) is 1. The van der Waals surface area contributed by atoms with Crippen molar-refractivity contribution in [3.63, 3.8) is 0 Å². The summed E-state index contributed by atoms with van der Waals surface area (Å²) in [5, 5.41) is 14.7. The summed E-state index contributed by atoms with van der Waals surface area (Å²) in [7, 11) is 1.57. The molecule has 1 aromatic rings. The van der Waals surface area contributed by atoms with Gasteiger partial charge in [0.05, 0.1) is 18.1 Å². The zero-order valence-electron chi connectivity index (χ0n) is 16.4. The Balaban J connectivity index is 1.52. The summed E-state index contributed by atoms with van der Waals surface area (Å²) in [4.78, 5) is 13.6. The van der Waals surface area contributed by atoms with Crippen LogP contribution in [0.15, 0.2) is 18.2 Å². The average molecular weight is 377 g/mol. The third-order valence-electron chi connectivity index (χ3n) is 5.85. The average Bonchev–Trinajstić information content (AvgIpc) is 2.69. The second-order valence-corrected chi connectivity index (χ2v) is 7.48. The van der Waals surface area contributed by atoms with Crippen molar-refractivity contribution in [1.82, 2.24) is 4.90 Å². The van der Waals surface area contributed by atoms with Crippen molar-refractivity contribution in [2.24, 2.45) is 0 Å². The van der Waals surface area contributed by atoms with Gasteiger partial charge in [-0.05, 0) is 51.5 Å². The highest BCUT2D eigenvalue weighted by atomic mass is 16.6. The number of nitro benzene ring substituents is 1. The van der Waals surface area contributed by atoms with Crippen molar-refractivity contribution in [2.75, 3.05) is 32.1 Å². The molecule has 7 nitrogen and oxygen atoms in total. The van der Waals surface area contributed by atoms with Crippen LogP contribution in [0, 0.1) is 10.1 Å². The van der Waals surface area contributed by atoms with Gasteiger partial charge < -0.3 is 19.7 Å². The molecule has 150 valence electrons. The number of nitrogens with zero attached hydrogens (tertiary/aromatic N) is 2. The predicted molar refractivity (Wildman–Crippen MR) is 106 cm³/mol. The van der Waals surface area contributed by atoms with Gasteiger partial charge >= 0.3 is 0 Å². The lowest BCUT2D eigenvalue weighted by atomic mass is 9.90. The predicted octanol–water partition coefficient (Wildman–Crippen LogP) is 3.83. The molecule has 0 spiro atoms. The van der Waals surface area contributed by atoms with Gasteiger partial charge in [-0.1, -0.05) is 0 Å². The fourth-order valence-corrected chi connectivity index (χ4v) is 4.36. The zero-order valence-corrected chi connectivity index (χ0v) is 16.4. The van der Waals surface area contributed by atoms with Crippen LogP contribution in [0.2, 0.25) is 0 Å². The molecular weight excluding hydrogens is 346 g/mol. The number of benzene rings is 1. The standard InChI is InChI=1S/C20H31N3O4/c1-3-27-17-6-4-16(5-7-17)22-12-10-15(11-13-22)21-19-14-18(26-2)8-9-20(19)23(24)25/h8-9,14-17,21H,3-7,10-13H2,1-2H3. The summed E-state index contributed by atoms with van der Waals surface area (Å²) in [5.41, 5.74) is 0.655. The highest BCUT2D eigenvalue weighted by Crippen LogP contribution is 2.32. The number of hydrogen-bond acceptors (Lipinski definition) is 6. The first-order chi connectivity index (χ1) is 13.1. The highest BCUT2D eigenvalue weighted by Gasteiger charge is 2.29. The molecule has 1 N–H and O–H groups in total. The molecule has 1 aliphatic carbocycles. The summed E-state index contributed by atoms with van der Waals surface area (Å²) in [6, 6.07) is 5.78. The Morgan fingerprint density at radius 1 is 1.19 bits per heavy atom. The molecule has 0 unspecified atom stereocenters. The minimum atomic E-state index is -0.340. The van der Waals surface area contributed by atoms with Crippen molar-refractivity contribution in [3.8, 4) is 5.75 Å². The first-order valence-corrected chi connectivity index (χ1v) is 10.0. The van der Waals surface area contributed by atoms with Crippen LogP contribution in [0.4, 0.5) is 11.4 Å². The number of anilines is 1. The Morgan fingerprint density at radius 3 is 2.48 bits per heavy atom. The van der Waals surface area contributed by atoms with Crippen LogP contribution in [0.3, 0.4) is 0 Å². The van der Waals surface area contributed by atoms with Gasteiger partial charge in [0, 0.05) is 43.9 Å². The van der Waals surface area contributed by atoms with Gasteiger partial charge in [-0.25, -0.2) is 0 Å². The Hall–Kier alpha value is -1.86. The van der Waals surface area contributed by atoms with E-state index in [2.05, 4.69) is 17.1 Å². The Bertz CT molecular complexity index is 624. The van der Waals surface area contributed by atoms with E-state index in [1.54, 1.807) is 19.2 Å². The van der Waals surface area contributed by atoms with E-state index in [-0.39, 0.29) is 16.7 Å². The second kappa shape index (κ2) is 9.37. The molecule has 7 heteroatoms. The van der Waals surface area contributed by atoms with Crippen molar-refractivity contribution < 1.29 is 14.4 Å². The Kier molecular flexibility index (Phi) is 6.90. The molecule has 27 heavy (non-hydrogen) atoms. The largest absolute Gasteiger partial charge is 0.497 e. The van der Waals surface area contributed by atoms with Gasteiger partial charge in [-0.3, -0.25) is 10.1 Å². The molecule has 0 radical (unpaired) electrons. The number of methoxy groups -OCH3 is 1. The molecule has 0 bridgehead atoms. The van der Waals surface area contributed by atoms with E-state index in [9.17, 15) is 10.1 Å². The molecule has 1 aliphatic heterocycles. The molecule has 1 aromatic carbocycles. The van der Waals surface area contributed by atoms with E-state index in [0.717, 1.165) is 45.4 Å². The number of rotatable bonds is 7. The van der Waals surface area contributed by atoms with Gasteiger partial charge in [0.1, 0.15) is 11.4 Å². The normalized spacial score (nSPS) is 24.5. The fourth-order valence-electron chi connectivity index (χ4n) is 4.36. The van der Waals surface area contributed by atoms with Crippen LogP contribution in [0.1, 0.15) is 45.4 Å². The van der Waals surface area contributed by atoms with Gasteiger partial charge in [0.2, 0.25) is 0 Å². The van der Waals surface area contributed by atoms with Crippen LogP contribution in [-0.4, -0.2) is 54.8 Å². The van der Waals surface area contributed by atoms with Gasteiger partial charge in [-0.2, -0.15) is 0 Å². The van der Waals surface area contributed by atoms with E-state index in [1.165, 1.54) is 18.9 Å². The number of nitro groups is 1. The SMILES string of the molecule is CCOC1CCC(N2CCC(Nc3cc(OC)ccc3[N+](=O)[O-])CC2)CC1. The molecule has 0 amide bonds. The van der Waals surface area contributed by atoms with E-state index in [0.29, 0.717) is 23.6 Å². The molecule has 2 aliphatic rings. The van der Waals surface area contributed by atoms with E-state index in [1.807, 2.05) is 0 Å². The summed E-state index contributed by atoms with van der Waals surface area (Å²) in [6.07, 6.45) is 7.19. The summed E-state index contributed by atoms with van der Waals surface area (Å²) >= 11 is 0. The Labute approximate surface area is 161 Å². The van der Waals surface area contributed by atoms with E-state index in [4.69, 9.17) is 9.47 Å². The molecule has 0 atom stereocenters. The number of piperidine rings is 1. The Morgan fingerprint density at radius 2 is 1.89 bits per heavy atom. The van der Waals surface area contributed by atoms with Crippen molar-refractivity contribution >= 4 is 11.4 Å². The molecule has 1 heterocycles. The smallest absolute Gasteiger partial charge is 0.292 e. The summed E-state index contributed by atoms with van der Waals surface area (Å²) < 4.78 is 11.0. The lowest BCUT2D eigenvalue weighted by Crippen LogP contribution is -2.46. The van der Waals surface area contributed by atoms with Gasteiger partial charge in [0.15, 0.2) is 0 Å². The number of ether oxygens (including phenoxy) is 2. The maximum Gasteiger partial charge on any atom is 0.292 e. The van der Waals surface area contributed by atoms with Crippen LogP contribution < -0.4 is 10.1 Å². The van der Waals surface area contributed by atoms with Crippen molar-refractivity contribution in [3.05, 3.63) is 28.3 Å².